The van der Waals surface area contributed by atoms with E-state index >= 15 is 0 Å². The van der Waals surface area contributed by atoms with Crippen LogP contribution in [0, 0.1) is 0 Å². The van der Waals surface area contributed by atoms with Gasteiger partial charge in [-0.25, -0.2) is 0 Å². The molecule has 0 saturated heterocycles. The quantitative estimate of drug-likeness (QED) is 0.722. The molecular weight excluding hydrogens is 288 g/mol. The fraction of sp³-hybridized carbons (Fsp3) is 0.533. The van der Waals surface area contributed by atoms with E-state index in [2.05, 4.69) is 5.32 Å². The molecule has 1 rings (SSSR count). The Morgan fingerprint density at radius 3 is 2.14 bits per heavy atom. The number of ether oxygens (including phenoxy) is 3. The Labute approximate surface area is 130 Å². The summed E-state index contributed by atoms with van der Waals surface area (Å²) in [5, 5.41) is 12.4. The topological polar surface area (TPSA) is 80.3 Å². The lowest BCUT2D eigenvalue weighted by Crippen LogP contribution is -2.37. The van der Waals surface area contributed by atoms with Crippen LogP contribution in [0.25, 0.3) is 0 Å². The van der Waals surface area contributed by atoms with Crippen LogP contribution in [-0.2, 0) is 0 Å². The Morgan fingerprint density at radius 2 is 1.73 bits per heavy atom. The number of likely N-dealkylation sites (N-methyl/N-ethyl adjacent to an activating group) is 1. The van der Waals surface area contributed by atoms with Crippen molar-refractivity contribution >= 4 is 5.91 Å². The van der Waals surface area contributed by atoms with Crippen LogP contribution in [0.2, 0.25) is 0 Å². The van der Waals surface area contributed by atoms with Gasteiger partial charge in [-0.2, -0.15) is 0 Å². The molecule has 7 heteroatoms. The van der Waals surface area contributed by atoms with Crippen LogP contribution in [0.15, 0.2) is 12.1 Å². The number of nitrogens with one attached hydrogen (secondary N) is 1. The fourth-order valence-electron chi connectivity index (χ4n) is 2.01. The number of rotatable bonds is 8. The zero-order chi connectivity index (χ0) is 16.7. The zero-order valence-electron chi connectivity index (χ0n) is 13.7. The molecule has 0 heterocycles. The van der Waals surface area contributed by atoms with Crippen molar-refractivity contribution in [3.05, 3.63) is 17.7 Å². The maximum Gasteiger partial charge on any atom is 0.251 e. The number of amides is 1. The van der Waals surface area contributed by atoms with E-state index in [4.69, 9.17) is 14.2 Å². The van der Waals surface area contributed by atoms with E-state index in [1.165, 1.54) is 21.3 Å². The third-order valence-corrected chi connectivity index (χ3v) is 3.00. The number of benzene rings is 1. The largest absolute Gasteiger partial charge is 0.493 e. The second-order valence-corrected chi connectivity index (χ2v) is 5.04. The molecule has 1 unspecified atom stereocenters. The molecule has 1 aromatic rings. The maximum atomic E-state index is 12.2. The Morgan fingerprint density at radius 1 is 1.18 bits per heavy atom. The molecule has 0 fully saturated rings. The van der Waals surface area contributed by atoms with Crippen molar-refractivity contribution in [1.82, 2.24) is 10.2 Å². The van der Waals surface area contributed by atoms with Crippen molar-refractivity contribution < 1.29 is 24.1 Å². The van der Waals surface area contributed by atoms with E-state index in [9.17, 15) is 9.90 Å². The standard InChI is InChI=1S/C15H24N2O5/c1-17(2)9-11(18)8-16-15(19)10-6-12(20-3)14(22-5)13(7-10)21-4/h6-7,11,18H,8-9H2,1-5H3,(H,16,19). The highest BCUT2D eigenvalue weighted by Gasteiger charge is 2.17. The van der Waals surface area contributed by atoms with Gasteiger partial charge in [0.25, 0.3) is 5.91 Å². The molecule has 22 heavy (non-hydrogen) atoms. The first-order valence-electron chi connectivity index (χ1n) is 6.83. The number of aliphatic hydroxyl groups is 1. The first-order valence-corrected chi connectivity index (χ1v) is 6.83. The van der Waals surface area contributed by atoms with Gasteiger partial charge in [-0.3, -0.25) is 4.79 Å². The minimum atomic E-state index is -0.638. The molecule has 1 atom stereocenters. The second kappa shape index (κ2) is 8.45. The molecule has 7 nitrogen and oxygen atoms in total. The highest BCUT2D eigenvalue weighted by atomic mass is 16.5. The van der Waals surface area contributed by atoms with Crippen molar-refractivity contribution in [2.24, 2.45) is 0 Å². The minimum Gasteiger partial charge on any atom is -0.493 e. The maximum absolute atomic E-state index is 12.2. The molecule has 1 aromatic carbocycles. The summed E-state index contributed by atoms with van der Waals surface area (Å²) < 4.78 is 15.6. The second-order valence-electron chi connectivity index (χ2n) is 5.04. The number of carbonyl (C=O) groups is 1. The molecule has 0 saturated carbocycles. The van der Waals surface area contributed by atoms with E-state index in [-0.39, 0.29) is 12.5 Å². The van der Waals surface area contributed by atoms with Crippen molar-refractivity contribution in [2.75, 3.05) is 48.5 Å². The van der Waals surface area contributed by atoms with Gasteiger partial charge in [0.1, 0.15) is 0 Å². The predicted octanol–water partition coefficient (Wildman–Crippen LogP) is 0.365. The Hall–Kier alpha value is -1.99. The summed E-state index contributed by atoms with van der Waals surface area (Å²) in [5.74, 6) is 0.910. The molecule has 0 bridgehead atoms. The molecule has 0 radical (unpaired) electrons. The first kappa shape index (κ1) is 18.1. The van der Waals surface area contributed by atoms with Gasteiger partial charge in [0.15, 0.2) is 11.5 Å². The van der Waals surface area contributed by atoms with Crippen molar-refractivity contribution in [2.45, 2.75) is 6.10 Å². The van der Waals surface area contributed by atoms with Gasteiger partial charge >= 0.3 is 0 Å². The third-order valence-electron chi connectivity index (χ3n) is 3.00. The van der Waals surface area contributed by atoms with Crippen LogP contribution in [0.4, 0.5) is 0 Å². The van der Waals surface area contributed by atoms with Crippen molar-refractivity contribution in [1.29, 1.82) is 0 Å². The summed E-state index contributed by atoms with van der Waals surface area (Å²) >= 11 is 0. The molecule has 0 aliphatic carbocycles. The van der Waals surface area contributed by atoms with Gasteiger partial charge in [-0.15, -0.1) is 0 Å². The normalized spacial score (nSPS) is 12.0. The van der Waals surface area contributed by atoms with E-state index in [1.54, 1.807) is 12.1 Å². The van der Waals surface area contributed by atoms with Crippen LogP contribution < -0.4 is 19.5 Å². The number of nitrogens with zero attached hydrogens (tertiary/aromatic N) is 1. The van der Waals surface area contributed by atoms with E-state index in [0.717, 1.165) is 0 Å². The molecule has 0 aliphatic heterocycles. The summed E-state index contributed by atoms with van der Waals surface area (Å²) in [7, 11) is 8.17. The number of methoxy groups -OCH3 is 3. The average Bonchev–Trinajstić information content (AvgIpc) is 2.50. The SMILES string of the molecule is COc1cc(C(=O)NCC(O)CN(C)C)cc(OC)c1OC. The highest BCUT2D eigenvalue weighted by molar-refractivity contribution is 5.95. The summed E-state index contributed by atoms with van der Waals surface area (Å²) in [4.78, 5) is 14.0. The molecule has 0 spiro atoms. The molecular formula is C15H24N2O5. The minimum absolute atomic E-state index is 0.160. The smallest absolute Gasteiger partial charge is 0.251 e. The monoisotopic (exact) mass is 312 g/mol. The van der Waals surface area contributed by atoms with Gasteiger partial charge in [0.2, 0.25) is 5.75 Å². The first-order chi connectivity index (χ1) is 10.4. The highest BCUT2D eigenvalue weighted by Crippen LogP contribution is 2.38. The van der Waals surface area contributed by atoms with Gasteiger partial charge in [0, 0.05) is 18.7 Å². The Kier molecular flexibility index (Phi) is 6.94. The number of carbonyl (C=O) groups excluding carboxylic acids is 1. The molecule has 2 N–H and O–H groups in total. The van der Waals surface area contributed by atoms with Crippen LogP contribution in [0.3, 0.4) is 0 Å². The molecule has 124 valence electrons. The van der Waals surface area contributed by atoms with Crippen LogP contribution >= 0.6 is 0 Å². The van der Waals surface area contributed by atoms with Gasteiger partial charge in [-0.05, 0) is 26.2 Å². The van der Waals surface area contributed by atoms with E-state index in [0.29, 0.717) is 29.4 Å². The molecule has 1 amide bonds. The van der Waals surface area contributed by atoms with Gasteiger partial charge in [0.05, 0.1) is 27.4 Å². The van der Waals surface area contributed by atoms with Crippen LogP contribution in [-0.4, -0.2) is 70.5 Å². The van der Waals surface area contributed by atoms with Crippen molar-refractivity contribution in [3.63, 3.8) is 0 Å². The Bertz CT molecular complexity index is 480. The summed E-state index contributed by atoms with van der Waals surface area (Å²) in [6, 6.07) is 3.13. The van der Waals surface area contributed by atoms with Crippen molar-refractivity contribution in [3.8, 4) is 17.2 Å². The Balaban J connectivity index is 2.85. The number of hydrogen-bond donors (Lipinski definition) is 2. The summed E-state index contributed by atoms with van der Waals surface area (Å²) in [6.07, 6.45) is -0.638. The molecule has 0 aliphatic rings. The predicted molar refractivity (Wildman–Crippen MR) is 83.0 cm³/mol. The zero-order valence-corrected chi connectivity index (χ0v) is 13.7. The molecule has 0 aromatic heterocycles. The average molecular weight is 312 g/mol. The summed E-state index contributed by atoms with van der Waals surface area (Å²) in [6.45, 7) is 0.628. The lowest BCUT2D eigenvalue weighted by atomic mass is 10.1. The third kappa shape index (κ3) is 4.78. The fourth-order valence-corrected chi connectivity index (χ4v) is 2.01. The van der Waals surface area contributed by atoms with Crippen LogP contribution in [0.5, 0.6) is 17.2 Å². The van der Waals surface area contributed by atoms with Crippen LogP contribution in [0.1, 0.15) is 10.4 Å². The van der Waals surface area contributed by atoms with Gasteiger partial charge in [-0.1, -0.05) is 0 Å². The lowest BCUT2D eigenvalue weighted by Gasteiger charge is -2.17. The van der Waals surface area contributed by atoms with E-state index < -0.39 is 6.10 Å². The van der Waals surface area contributed by atoms with Gasteiger partial charge < -0.3 is 29.5 Å². The summed E-state index contributed by atoms with van der Waals surface area (Å²) in [5.41, 5.74) is 0.367. The number of hydrogen-bond acceptors (Lipinski definition) is 6. The number of aliphatic hydroxyl groups excluding tert-OH is 1. The van der Waals surface area contributed by atoms with E-state index in [1.807, 2.05) is 19.0 Å². The lowest BCUT2D eigenvalue weighted by molar-refractivity contribution is 0.0891.